The third-order valence-corrected chi connectivity index (χ3v) is 4.75. The van der Waals surface area contributed by atoms with Crippen LogP contribution in [0.25, 0.3) is 0 Å². The van der Waals surface area contributed by atoms with Crippen LogP contribution in [0.2, 0.25) is 0 Å². The van der Waals surface area contributed by atoms with Crippen molar-refractivity contribution in [2.45, 2.75) is 18.9 Å². The van der Waals surface area contributed by atoms with Crippen molar-refractivity contribution in [3.8, 4) is 0 Å². The lowest BCUT2D eigenvalue weighted by Crippen LogP contribution is -2.54. The van der Waals surface area contributed by atoms with Gasteiger partial charge in [0.25, 0.3) is 0 Å². The Kier molecular flexibility index (Phi) is 3.45. The molecule has 1 atom stereocenters. The van der Waals surface area contributed by atoms with Crippen molar-refractivity contribution in [2.75, 3.05) is 25.4 Å². The van der Waals surface area contributed by atoms with Gasteiger partial charge < -0.3 is 5.32 Å². The van der Waals surface area contributed by atoms with Crippen molar-refractivity contribution in [1.82, 2.24) is 14.9 Å². The normalized spacial score (nSPS) is 27.2. The molecular weight excluding hydrogens is 246 g/mol. The number of carbonyl (C=O) groups excluding carboxylic acids is 2. The SMILES string of the molecule is O=C1CN(S(=O)(=O)CC2CCCN2)CC(=O)N1. The molecule has 2 heterocycles. The summed E-state index contributed by atoms with van der Waals surface area (Å²) in [5, 5.41) is 5.16. The first-order valence-electron chi connectivity index (χ1n) is 5.51. The van der Waals surface area contributed by atoms with E-state index < -0.39 is 21.8 Å². The lowest BCUT2D eigenvalue weighted by molar-refractivity contribution is -0.134. The molecule has 2 aliphatic heterocycles. The highest BCUT2D eigenvalue weighted by molar-refractivity contribution is 7.89. The Labute approximate surface area is 99.6 Å². The van der Waals surface area contributed by atoms with Gasteiger partial charge in [-0.2, -0.15) is 4.31 Å². The van der Waals surface area contributed by atoms with Gasteiger partial charge in [0.1, 0.15) is 0 Å². The molecule has 0 radical (unpaired) electrons. The van der Waals surface area contributed by atoms with Crippen molar-refractivity contribution in [3.05, 3.63) is 0 Å². The van der Waals surface area contributed by atoms with Gasteiger partial charge in [-0.3, -0.25) is 14.9 Å². The van der Waals surface area contributed by atoms with Crippen LogP contribution in [0.4, 0.5) is 0 Å². The Balaban J connectivity index is 2.03. The molecule has 0 spiro atoms. The van der Waals surface area contributed by atoms with Gasteiger partial charge in [0, 0.05) is 6.04 Å². The molecule has 96 valence electrons. The fourth-order valence-corrected chi connectivity index (χ4v) is 3.70. The molecule has 2 N–H and O–H groups in total. The molecule has 1 unspecified atom stereocenters. The van der Waals surface area contributed by atoms with Gasteiger partial charge in [-0.1, -0.05) is 0 Å². The highest BCUT2D eigenvalue weighted by atomic mass is 32.2. The third-order valence-electron chi connectivity index (χ3n) is 2.89. The number of sulfonamides is 1. The monoisotopic (exact) mass is 261 g/mol. The van der Waals surface area contributed by atoms with Crippen molar-refractivity contribution in [2.24, 2.45) is 0 Å². The molecule has 17 heavy (non-hydrogen) atoms. The molecule has 0 bridgehead atoms. The minimum absolute atomic E-state index is 0.0481. The molecule has 0 aromatic carbocycles. The summed E-state index contributed by atoms with van der Waals surface area (Å²) in [5.41, 5.74) is 0. The molecule has 0 aliphatic carbocycles. The van der Waals surface area contributed by atoms with Crippen molar-refractivity contribution >= 4 is 21.8 Å². The number of piperazine rings is 1. The molecule has 2 aliphatic rings. The number of hydrogen-bond donors (Lipinski definition) is 2. The fourth-order valence-electron chi connectivity index (χ4n) is 2.07. The first-order valence-corrected chi connectivity index (χ1v) is 7.12. The summed E-state index contributed by atoms with van der Waals surface area (Å²) in [7, 11) is -3.54. The second-order valence-electron chi connectivity index (χ2n) is 4.31. The van der Waals surface area contributed by atoms with Crippen molar-refractivity contribution < 1.29 is 18.0 Å². The van der Waals surface area contributed by atoms with E-state index in [9.17, 15) is 18.0 Å². The number of nitrogens with one attached hydrogen (secondary N) is 2. The lowest BCUT2D eigenvalue weighted by Gasteiger charge is -2.26. The fraction of sp³-hybridized carbons (Fsp3) is 0.778. The van der Waals surface area contributed by atoms with Crippen LogP contribution in [0, 0.1) is 0 Å². The van der Waals surface area contributed by atoms with E-state index in [0.29, 0.717) is 0 Å². The number of carbonyl (C=O) groups is 2. The summed E-state index contributed by atoms with van der Waals surface area (Å²) in [6.45, 7) is 0.293. The quantitative estimate of drug-likeness (QED) is 0.574. The Morgan fingerprint density at radius 1 is 1.24 bits per heavy atom. The van der Waals surface area contributed by atoms with Crippen molar-refractivity contribution in [3.63, 3.8) is 0 Å². The van der Waals surface area contributed by atoms with Crippen LogP contribution < -0.4 is 10.6 Å². The minimum atomic E-state index is -3.54. The van der Waals surface area contributed by atoms with Gasteiger partial charge in [-0.05, 0) is 19.4 Å². The molecular formula is C9H15N3O4S. The predicted octanol–water partition coefficient (Wildman–Crippen LogP) is -1.97. The number of rotatable bonds is 3. The van der Waals surface area contributed by atoms with E-state index in [1.54, 1.807) is 0 Å². The minimum Gasteiger partial charge on any atom is -0.313 e. The maximum atomic E-state index is 12.0. The summed E-state index contributed by atoms with van der Waals surface area (Å²) in [5.74, 6) is -1.18. The zero-order chi connectivity index (χ0) is 12.5. The smallest absolute Gasteiger partial charge is 0.241 e. The van der Waals surface area contributed by atoms with Gasteiger partial charge in [0.05, 0.1) is 18.8 Å². The zero-order valence-electron chi connectivity index (χ0n) is 9.31. The first kappa shape index (κ1) is 12.5. The average Bonchev–Trinajstić information content (AvgIpc) is 2.68. The molecule has 8 heteroatoms. The number of amides is 2. The van der Waals surface area contributed by atoms with Crippen LogP contribution in [-0.4, -0.2) is 56.0 Å². The average molecular weight is 261 g/mol. The van der Waals surface area contributed by atoms with E-state index in [2.05, 4.69) is 10.6 Å². The standard InChI is InChI=1S/C9H15N3O4S/c13-8-4-12(5-9(14)11-8)17(15,16)6-7-2-1-3-10-7/h7,10H,1-6H2,(H,11,13,14). The van der Waals surface area contributed by atoms with Crippen LogP contribution in [0.3, 0.4) is 0 Å². The molecule has 2 fully saturated rings. The second kappa shape index (κ2) is 4.71. The zero-order valence-corrected chi connectivity index (χ0v) is 10.1. The predicted molar refractivity (Wildman–Crippen MR) is 59.5 cm³/mol. The number of nitrogens with zero attached hydrogens (tertiary/aromatic N) is 1. The highest BCUT2D eigenvalue weighted by Crippen LogP contribution is 2.12. The molecule has 2 amide bonds. The maximum Gasteiger partial charge on any atom is 0.241 e. The molecule has 0 saturated carbocycles. The maximum absolute atomic E-state index is 12.0. The van der Waals surface area contributed by atoms with Gasteiger partial charge >= 0.3 is 0 Å². The number of hydrogen-bond acceptors (Lipinski definition) is 5. The molecule has 7 nitrogen and oxygen atoms in total. The number of imide groups is 1. The molecule has 2 saturated heterocycles. The third kappa shape index (κ3) is 3.02. The molecule has 0 aromatic rings. The first-order chi connectivity index (χ1) is 7.97. The Morgan fingerprint density at radius 3 is 2.41 bits per heavy atom. The topological polar surface area (TPSA) is 95.6 Å². The summed E-state index contributed by atoms with van der Waals surface area (Å²) in [6.07, 6.45) is 1.77. The van der Waals surface area contributed by atoms with Crippen molar-refractivity contribution in [1.29, 1.82) is 0 Å². The Bertz CT molecular complexity index is 412. The summed E-state index contributed by atoms with van der Waals surface area (Å²) < 4.78 is 24.9. The van der Waals surface area contributed by atoms with Crippen LogP contribution in [0.1, 0.15) is 12.8 Å². The summed E-state index contributed by atoms with van der Waals surface area (Å²) in [4.78, 5) is 22.2. The van der Waals surface area contributed by atoms with Crippen LogP contribution in [-0.2, 0) is 19.6 Å². The van der Waals surface area contributed by atoms with E-state index in [4.69, 9.17) is 0 Å². The van der Waals surface area contributed by atoms with Crippen LogP contribution >= 0.6 is 0 Å². The van der Waals surface area contributed by atoms with E-state index in [0.717, 1.165) is 23.7 Å². The van der Waals surface area contributed by atoms with E-state index in [1.807, 2.05) is 0 Å². The van der Waals surface area contributed by atoms with Crippen LogP contribution in [0.15, 0.2) is 0 Å². The highest BCUT2D eigenvalue weighted by Gasteiger charge is 2.33. The van der Waals surface area contributed by atoms with E-state index in [-0.39, 0.29) is 24.9 Å². The van der Waals surface area contributed by atoms with E-state index in [1.165, 1.54) is 0 Å². The van der Waals surface area contributed by atoms with E-state index >= 15 is 0 Å². The summed E-state index contributed by atoms with van der Waals surface area (Å²) >= 11 is 0. The van der Waals surface area contributed by atoms with Gasteiger partial charge in [-0.15, -0.1) is 0 Å². The van der Waals surface area contributed by atoms with Gasteiger partial charge in [0.15, 0.2) is 0 Å². The molecule has 2 rings (SSSR count). The molecule has 0 aromatic heterocycles. The largest absolute Gasteiger partial charge is 0.313 e. The Morgan fingerprint density at radius 2 is 1.88 bits per heavy atom. The Hall–Kier alpha value is -0.990. The van der Waals surface area contributed by atoms with Crippen LogP contribution in [0.5, 0.6) is 0 Å². The second-order valence-corrected chi connectivity index (χ2v) is 6.32. The van der Waals surface area contributed by atoms with Gasteiger partial charge in [-0.25, -0.2) is 8.42 Å². The van der Waals surface area contributed by atoms with Gasteiger partial charge in [0.2, 0.25) is 21.8 Å². The summed E-state index contributed by atoms with van der Waals surface area (Å²) in [6, 6.07) is -0.0694. The lowest BCUT2D eigenvalue weighted by atomic mass is 10.3.